The SMILES string of the molecule is COc1cc(NS(=O)(=O)c2sc(C)nc2C)ccc1C(=O)O. The van der Waals surface area contributed by atoms with E-state index < -0.39 is 16.0 Å². The summed E-state index contributed by atoms with van der Waals surface area (Å²) in [6.07, 6.45) is 0. The number of carboxylic acid groups (broad SMARTS) is 1. The van der Waals surface area contributed by atoms with E-state index in [0.29, 0.717) is 10.7 Å². The summed E-state index contributed by atoms with van der Waals surface area (Å²) < 4.78 is 32.2. The number of benzene rings is 1. The molecule has 0 bridgehead atoms. The second kappa shape index (κ2) is 5.93. The minimum absolute atomic E-state index is 0.0461. The van der Waals surface area contributed by atoms with Gasteiger partial charge in [-0.3, -0.25) is 4.72 Å². The van der Waals surface area contributed by atoms with Crippen LogP contribution in [0.2, 0.25) is 0 Å². The number of carbonyl (C=O) groups is 1. The second-order valence-electron chi connectivity index (χ2n) is 4.43. The molecule has 0 spiro atoms. The number of thiazole rings is 1. The number of methoxy groups -OCH3 is 1. The Balaban J connectivity index is 2.38. The molecule has 0 unspecified atom stereocenters. The van der Waals surface area contributed by atoms with Crippen LogP contribution < -0.4 is 9.46 Å². The standard InChI is InChI=1S/C13H14N2O5S2/c1-7-13(21-8(2)14-7)22(18,19)15-9-4-5-10(12(16)17)11(6-9)20-3/h4-6,15H,1-3H3,(H,16,17). The van der Waals surface area contributed by atoms with Crippen molar-refractivity contribution < 1.29 is 23.1 Å². The average molecular weight is 342 g/mol. The van der Waals surface area contributed by atoms with Gasteiger partial charge in [-0.05, 0) is 26.0 Å². The Morgan fingerprint density at radius 1 is 1.36 bits per heavy atom. The first-order valence-electron chi connectivity index (χ1n) is 6.13. The first kappa shape index (κ1) is 16.2. The molecule has 7 nitrogen and oxygen atoms in total. The lowest BCUT2D eigenvalue weighted by Crippen LogP contribution is -2.13. The Kier molecular flexibility index (Phi) is 4.38. The first-order valence-corrected chi connectivity index (χ1v) is 8.42. The fourth-order valence-corrected chi connectivity index (χ4v) is 4.43. The smallest absolute Gasteiger partial charge is 0.339 e. The number of nitrogens with zero attached hydrogens (tertiary/aromatic N) is 1. The fourth-order valence-electron chi connectivity index (χ4n) is 1.89. The van der Waals surface area contributed by atoms with E-state index in [9.17, 15) is 13.2 Å². The topological polar surface area (TPSA) is 106 Å². The summed E-state index contributed by atoms with van der Waals surface area (Å²) in [6.45, 7) is 3.34. The number of carboxylic acids is 1. The molecule has 0 saturated carbocycles. The van der Waals surface area contributed by atoms with Crippen LogP contribution in [0.25, 0.3) is 0 Å². The van der Waals surface area contributed by atoms with Crippen LogP contribution in [0.1, 0.15) is 21.1 Å². The molecule has 1 aromatic heterocycles. The van der Waals surface area contributed by atoms with Crippen molar-refractivity contribution in [2.45, 2.75) is 18.1 Å². The molecular weight excluding hydrogens is 328 g/mol. The monoisotopic (exact) mass is 342 g/mol. The Morgan fingerprint density at radius 3 is 2.55 bits per heavy atom. The summed E-state index contributed by atoms with van der Waals surface area (Å²) in [6, 6.07) is 3.97. The number of ether oxygens (including phenoxy) is 1. The van der Waals surface area contributed by atoms with Crippen molar-refractivity contribution >= 4 is 33.0 Å². The van der Waals surface area contributed by atoms with E-state index in [1.807, 2.05) is 0 Å². The average Bonchev–Trinajstić information content (AvgIpc) is 2.77. The van der Waals surface area contributed by atoms with Crippen molar-refractivity contribution in [3.8, 4) is 5.75 Å². The van der Waals surface area contributed by atoms with Gasteiger partial charge in [0.15, 0.2) is 4.21 Å². The van der Waals surface area contributed by atoms with Crippen molar-refractivity contribution in [1.82, 2.24) is 4.98 Å². The van der Waals surface area contributed by atoms with E-state index in [-0.39, 0.29) is 21.2 Å². The molecule has 2 aromatic rings. The van der Waals surface area contributed by atoms with Crippen LogP contribution in [0.5, 0.6) is 5.75 Å². The number of aromatic carboxylic acids is 1. The number of sulfonamides is 1. The molecule has 118 valence electrons. The molecule has 0 atom stereocenters. The van der Waals surface area contributed by atoms with Gasteiger partial charge in [-0.25, -0.2) is 18.2 Å². The molecular formula is C13H14N2O5S2. The molecule has 1 aromatic carbocycles. The third kappa shape index (κ3) is 3.20. The van der Waals surface area contributed by atoms with Crippen LogP contribution >= 0.6 is 11.3 Å². The first-order chi connectivity index (χ1) is 10.2. The molecule has 0 aliphatic heterocycles. The molecule has 1 heterocycles. The highest BCUT2D eigenvalue weighted by Crippen LogP contribution is 2.28. The molecule has 0 aliphatic rings. The van der Waals surface area contributed by atoms with Gasteiger partial charge in [-0.15, -0.1) is 11.3 Å². The van der Waals surface area contributed by atoms with Crippen LogP contribution in [-0.4, -0.2) is 31.6 Å². The van der Waals surface area contributed by atoms with Gasteiger partial charge in [0.05, 0.1) is 23.5 Å². The van der Waals surface area contributed by atoms with Crippen LogP contribution in [0, 0.1) is 13.8 Å². The predicted octanol–water partition coefficient (Wildman–Crippen LogP) is 2.27. The molecule has 0 amide bonds. The van der Waals surface area contributed by atoms with E-state index in [4.69, 9.17) is 9.84 Å². The number of hydrogen-bond acceptors (Lipinski definition) is 6. The summed E-state index contributed by atoms with van der Waals surface area (Å²) in [5.74, 6) is -1.08. The number of nitrogens with one attached hydrogen (secondary N) is 1. The van der Waals surface area contributed by atoms with Crippen molar-refractivity contribution in [1.29, 1.82) is 0 Å². The van der Waals surface area contributed by atoms with E-state index >= 15 is 0 Å². The number of rotatable bonds is 5. The molecule has 0 radical (unpaired) electrons. The zero-order chi connectivity index (χ0) is 16.5. The normalized spacial score (nSPS) is 11.2. The van der Waals surface area contributed by atoms with E-state index in [1.54, 1.807) is 13.8 Å². The maximum atomic E-state index is 12.4. The maximum Gasteiger partial charge on any atom is 0.339 e. The highest BCUT2D eigenvalue weighted by atomic mass is 32.2. The highest BCUT2D eigenvalue weighted by molar-refractivity contribution is 7.94. The minimum atomic E-state index is -3.78. The Labute approximate surface area is 131 Å². The Morgan fingerprint density at radius 2 is 2.05 bits per heavy atom. The molecule has 0 aliphatic carbocycles. The molecule has 0 fully saturated rings. The van der Waals surface area contributed by atoms with Crippen molar-refractivity contribution in [3.63, 3.8) is 0 Å². The van der Waals surface area contributed by atoms with Gasteiger partial charge in [-0.2, -0.15) is 0 Å². The zero-order valence-corrected chi connectivity index (χ0v) is 13.7. The van der Waals surface area contributed by atoms with Gasteiger partial charge in [0.25, 0.3) is 10.0 Å². The molecule has 0 saturated heterocycles. The predicted molar refractivity (Wildman–Crippen MR) is 82.3 cm³/mol. The molecule has 2 N–H and O–H groups in total. The lowest BCUT2D eigenvalue weighted by atomic mass is 10.2. The summed E-state index contributed by atoms with van der Waals surface area (Å²) in [7, 11) is -2.46. The third-order valence-electron chi connectivity index (χ3n) is 2.79. The van der Waals surface area contributed by atoms with Gasteiger partial charge in [-0.1, -0.05) is 0 Å². The zero-order valence-electron chi connectivity index (χ0n) is 12.1. The summed E-state index contributed by atoms with van der Waals surface area (Å²) >= 11 is 1.07. The van der Waals surface area contributed by atoms with Gasteiger partial charge < -0.3 is 9.84 Å². The quantitative estimate of drug-likeness (QED) is 0.863. The minimum Gasteiger partial charge on any atom is -0.496 e. The summed E-state index contributed by atoms with van der Waals surface area (Å²) in [5, 5.41) is 9.66. The van der Waals surface area contributed by atoms with Crippen molar-refractivity contribution in [3.05, 3.63) is 34.5 Å². The van der Waals surface area contributed by atoms with Crippen LogP contribution in [0.15, 0.2) is 22.4 Å². The summed E-state index contributed by atoms with van der Waals surface area (Å²) in [5.41, 5.74) is 0.590. The molecule has 22 heavy (non-hydrogen) atoms. The Bertz CT molecular complexity index is 827. The van der Waals surface area contributed by atoms with Crippen LogP contribution in [0.4, 0.5) is 5.69 Å². The second-order valence-corrected chi connectivity index (χ2v) is 7.51. The number of aryl methyl sites for hydroxylation is 2. The number of aromatic nitrogens is 1. The number of hydrogen-bond donors (Lipinski definition) is 2. The van der Waals surface area contributed by atoms with Gasteiger partial charge >= 0.3 is 5.97 Å². The van der Waals surface area contributed by atoms with Crippen molar-refractivity contribution in [2.75, 3.05) is 11.8 Å². The maximum absolute atomic E-state index is 12.4. The van der Waals surface area contributed by atoms with Gasteiger partial charge in [0.2, 0.25) is 0 Å². The van der Waals surface area contributed by atoms with Crippen LogP contribution in [0.3, 0.4) is 0 Å². The molecule has 9 heteroatoms. The van der Waals surface area contributed by atoms with E-state index in [1.165, 1.54) is 25.3 Å². The lowest BCUT2D eigenvalue weighted by Gasteiger charge is -2.10. The van der Waals surface area contributed by atoms with E-state index in [2.05, 4.69) is 9.71 Å². The summed E-state index contributed by atoms with van der Waals surface area (Å²) in [4.78, 5) is 15.1. The largest absolute Gasteiger partial charge is 0.496 e. The Hall–Kier alpha value is -2.13. The number of anilines is 1. The molecule has 2 rings (SSSR count). The van der Waals surface area contributed by atoms with E-state index in [0.717, 1.165) is 11.3 Å². The fraction of sp³-hybridized carbons (Fsp3) is 0.231. The third-order valence-corrected chi connectivity index (χ3v) is 5.85. The highest BCUT2D eigenvalue weighted by Gasteiger charge is 2.22. The lowest BCUT2D eigenvalue weighted by molar-refractivity contribution is 0.0693. The van der Waals surface area contributed by atoms with Gasteiger partial charge in [0, 0.05) is 6.07 Å². The van der Waals surface area contributed by atoms with Crippen LogP contribution in [-0.2, 0) is 10.0 Å². The van der Waals surface area contributed by atoms with Gasteiger partial charge in [0.1, 0.15) is 11.3 Å². The van der Waals surface area contributed by atoms with Crippen molar-refractivity contribution in [2.24, 2.45) is 0 Å².